The van der Waals surface area contributed by atoms with Crippen molar-refractivity contribution < 1.29 is 66.3 Å². The predicted molar refractivity (Wildman–Crippen MR) is 456 cm³/mol. The van der Waals surface area contributed by atoms with E-state index < -0.39 is 22.4 Å². The molecule has 5 N–H and O–H groups in total. The number of fused-ring (bicyclic) bond motifs is 15. The topological polar surface area (TPSA) is 155 Å². The zero-order valence-corrected chi connectivity index (χ0v) is 76.1. The second kappa shape index (κ2) is 43.9. The Labute approximate surface area is 698 Å². The fourth-order valence-corrected chi connectivity index (χ4v) is 27.1. The zero-order valence-electron chi connectivity index (χ0n) is 72.1. The fraction of sp³-hybridized carbons (Fsp3) is 0.913. The summed E-state index contributed by atoms with van der Waals surface area (Å²) in [5.74, 6) is 11.6. The summed E-state index contributed by atoms with van der Waals surface area (Å²) in [6.45, 7) is 42.7. The molecule has 1 saturated heterocycles. The number of methoxy groups -OCH3 is 3. The summed E-state index contributed by atoms with van der Waals surface area (Å²) < 4.78 is 22.5. The molecule has 26 atom stereocenters. The molecule has 7 radical (unpaired) electrons. The van der Waals surface area contributed by atoms with Crippen LogP contribution in [-0.4, -0.2) is 174 Å². The third-order valence-corrected chi connectivity index (χ3v) is 32.5. The standard InChI is InChI=1S/C29H50O3.C27H46O3.C27H44O3.C4H8O.C2H7P.C2H5.CH4.B2.B.BrH.Mg/c1-7-26(3,30)14-12-20(2)23-10-11-24-22-9-8-21-18-27(4,31)16-17-29(21,19-32-6)25(22)13-15-28(23,24)5;2*1-18(6-7-19(2)28)22-10-11-23-21-9-8-20-16-25(3,29)14-15-27(20,17-30-5)24(21)12-13-26(22,23)4;1-2-4-5-3-1;1-3-2;1-2;;1-2;;;/h8,20,22-25,30-31H,7,9-19H2,1-6H3;8,18-19,21-24,28-29H,6-7,9-17H2,1-5H3;8,18,21-24,29H,6-7,9-17H2,1-5H3;1-4H2;3H,1-2H3;1H2,2H3;1H4;;;1H;/q;;;;;-1;;;;;+2/p-1/t20-,22+,23-,24+,25+,26?,27+,28-,29-;18-,19?,21+,22-,23+,24+,25+,26-,27-;18-,21+,22-,23+,24+,25+,26-,27-;;;;;;;;/m111......../s1. The molecule has 108 heavy (non-hydrogen) atoms. The van der Waals surface area contributed by atoms with Crippen LogP contribution in [0.15, 0.2) is 34.9 Å². The molecule has 2 unspecified atom stereocenters. The molecular weight excluding hydrogens is 1430 g/mol. The van der Waals surface area contributed by atoms with Gasteiger partial charge in [0.2, 0.25) is 0 Å². The Balaban J connectivity index is 0.000000383. The van der Waals surface area contributed by atoms with Crippen molar-refractivity contribution in [1.29, 1.82) is 0 Å². The summed E-state index contributed by atoms with van der Waals surface area (Å²) >= 11 is 0. The summed E-state index contributed by atoms with van der Waals surface area (Å²) in [4.78, 5) is 11.6. The maximum Gasteiger partial charge on any atom is 2.00 e. The van der Waals surface area contributed by atoms with Gasteiger partial charge >= 0.3 is 23.1 Å². The molecule has 10 fully saturated rings. The van der Waals surface area contributed by atoms with Crippen molar-refractivity contribution >= 4 is 61.3 Å². The monoisotopic (exact) mass is 1600 g/mol. The van der Waals surface area contributed by atoms with Crippen LogP contribution >= 0.6 is 8.58 Å². The predicted octanol–water partition coefficient (Wildman–Crippen LogP) is 16.9. The number of aliphatic hydroxyl groups is 5. The number of aliphatic hydroxyl groups excluding tert-OH is 1. The number of allylic oxidation sites excluding steroid dienone is 3. The van der Waals surface area contributed by atoms with Gasteiger partial charge in [0.25, 0.3) is 0 Å². The van der Waals surface area contributed by atoms with Crippen LogP contribution in [-0.2, 0) is 23.7 Å². The van der Waals surface area contributed by atoms with E-state index >= 15 is 0 Å². The molecule has 0 aromatic heterocycles. The number of hydrogen-bond acceptors (Lipinski definition) is 10. The van der Waals surface area contributed by atoms with Crippen LogP contribution in [0.5, 0.6) is 0 Å². The van der Waals surface area contributed by atoms with Crippen LogP contribution in [0.2, 0.25) is 0 Å². The first-order valence-corrected chi connectivity index (χ1v) is 45.0. The normalized spacial score (nSPS) is 41.2. The summed E-state index contributed by atoms with van der Waals surface area (Å²) in [7, 11) is 14.7. The average Bonchev–Trinajstić information content (AvgIpc) is 1.30. The van der Waals surface area contributed by atoms with Crippen molar-refractivity contribution in [2.45, 2.75) is 345 Å². The minimum Gasteiger partial charge on any atom is -1.00 e. The van der Waals surface area contributed by atoms with Gasteiger partial charge in [0.15, 0.2) is 0 Å². The second-order valence-corrected chi connectivity index (χ2v) is 40.3. The third kappa shape index (κ3) is 22.7. The minimum absolute atomic E-state index is 0. The number of halogens is 1. The van der Waals surface area contributed by atoms with Crippen LogP contribution in [0.25, 0.3) is 0 Å². The van der Waals surface area contributed by atoms with E-state index in [1.807, 2.05) is 55.9 Å². The average molecular weight is 1600 g/mol. The van der Waals surface area contributed by atoms with Gasteiger partial charge in [0.05, 0.1) is 48.3 Å². The van der Waals surface area contributed by atoms with E-state index in [-0.39, 0.29) is 78.2 Å². The number of carbonyl (C=O) groups excluding carboxylic acids is 1. The van der Waals surface area contributed by atoms with E-state index in [1.54, 1.807) is 13.8 Å². The van der Waals surface area contributed by atoms with E-state index in [0.29, 0.717) is 51.6 Å². The third-order valence-electron chi connectivity index (χ3n) is 32.5. The van der Waals surface area contributed by atoms with Crippen LogP contribution in [0.1, 0.15) is 316 Å². The Bertz CT molecular complexity index is 2750. The van der Waals surface area contributed by atoms with Crippen molar-refractivity contribution in [3.05, 3.63) is 41.9 Å². The molecule has 0 spiro atoms. The Kier molecular flexibility index (Phi) is 41.7. The Morgan fingerprint density at radius 1 is 0.556 bits per heavy atom. The molecule has 12 aliphatic carbocycles. The van der Waals surface area contributed by atoms with Crippen molar-refractivity contribution in [3.63, 3.8) is 0 Å². The van der Waals surface area contributed by atoms with Crippen molar-refractivity contribution in [2.24, 2.45) is 121 Å². The molecule has 0 amide bonds. The van der Waals surface area contributed by atoms with E-state index in [1.165, 1.54) is 126 Å². The molecule has 16 heteroatoms. The van der Waals surface area contributed by atoms with Crippen molar-refractivity contribution in [2.75, 3.05) is 67.7 Å². The van der Waals surface area contributed by atoms with Gasteiger partial charge in [-0.3, -0.25) is 0 Å². The number of ketones is 1. The maximum atomic E-state index is 11.6. The molecular formula is C92H164B3BrMgO10P. The van der Waals surface area contributed by atoms with E-state index in [2.05, 4.69) is 102 Å². The Hall–Kier alpha value is 0.401. The van der Waals surface area contributed by atoms with Crippen LogP contribution in [0.4, 0.5) is 0 Å². The first-order chi connectivity index (χ1) is 49.1. The SMILES string of the molecule is C.C1CCOC1.CCC(C)(O)CC[C@@H](C)[C@H]1CC[C@H]2[C@@H]3CC=C4C[C@@](C)(O)CC[C@]4(COC)[C@H]3CC[C@]12C.COC[C@]12CC[C@](C)(O)CC1=CC[C@@H]1[C@@H]2CC[C@]2(C)[C@@H]([C@H](C)CCC(C)=O)CC[C@@H]12.COC[C@]12CC[C@](C)(O)CC1=CC[C@@H]1[C@@H]2CC[C@]2(C)[C@@H]([C@H](C)CCC(C)O)CC[C@@H]12.CPC.[B].[B][B].[Br-].[CH2-]C.[Mg+2]. The smallest absolute Gasteiger partial charge is 1.00 e. The molecule has 13 aliphatic rings. The van der Waals surface area contributed by atoms with E-state index in [9.17, 15) is 30.3 Å². The van der Waals surface area contributed by atoms with Crippen molar-refractivity contribution in [1.82, 2.24) is 0 Å². The van der Waals surface area contributed by atoms with Gasteiger partial charge in [-0.2, -0.15) is 6.92 Å². The number of hydrogen-bond donors (Lipinski definition) is 5. The van der Waals surface area contributed by atoms with E-state index in [0.717, 1.165) is 204 Å². The van der Waals surface area contributed by atoms with Gasteiger partial charge in [-0.05, 0) is 365 Å². The first-order valence-electron chi connectivity index (χ1n) is 43.0. The number of ether oxygens (including phenoxy) is 4. The quantitative estimate of drug-likeness (QED) is 0.0365. The molecule has 13 rings (SSSR count). The molecule has 1 aliphatic heterocycles. The second-order valence-electron chi connectivity index (χ2n) is 39.3. The van der Waals surface area contributed by atoms with Gasteiger partial charge < -0.3 is 73.2 Å². The number of rotatable bonds is 19. The zero-order chi connectivity index (χ0) is 77.1. The van der Waals surface area contributed by atoms with Crippen LogP contribution < -0.4 is 17.0 Å². The summed E-state index contributed by atoms with van der Waals surface area (Å²) in [5.41, 5.74) is 4.15. The summed E-state index contributed by atoms with van der Waals surface area (Å²) in [5, 5.41) is 52.7. The summed E-state index contributed by atoms with van der Waals surface area (Å²) in [6.07, 6.45) is 44.9. The molecule has 10 nitrogen and oxygen atoms in total. The first kappa shape index (κ1) is 103. The number of carbonyl (C=O) groups is 1. The molecule has 0 aromatic carbocycles. The number of Topliss-reactive ketones (excluding diaryl/α,β-unsaturated/α-hetero) is 1. The fourth-order valence-electron chi connectivity index (χ4n) is 27.1. The van der Waals surface area contributed by atoms with Gasteiger partial charge in [-0.25, -0.2) is 0 Å². The maximum absolute atomic E-state index is 11.6. The van der Waals surface area contributed by atoms with Gasteiger partial charge in [-0.1, -0.05) is 90.8 Å². The molecule has 1 heterocycles. The van der Waals surface area contributed by atoms with Gasteiger partial charge in [0.1, 0.15) is 5.78 Å². The van der Waals surface area contributed by atoms with Crippen LogP contribution in [0, 0.1) is 128 Å². The molecule has 0 bridgehead atoms. The van der Waals surface area contributed by atoms with Crippen molar-refractivity contribution in [3.8, 4) is 0 Å². The molecule has 0 aromatic rings. The summed E-state index contributed by atoms with van der Waals surface area (Å²) in [6, 6.07) is 0. The molecule has 615 valence electrons. The van der Waals surface area contributed by atoms with E-state index in [4.69, 9.17) is 18.9 Å². The van der Waals surface area contributed by atoms with Crippen LogP contribution in [0.3, 0.4) is 0 Å². The Morgan fingerprint density at radius 2 is 0.861 bits per heavy atom. The van der Waals surface area contributed by atoms with Gasteiger partial charge in [0, 0.05) is 81.1 Å². The minimum atomic E-state index is -0.552. The Morgan fingerprint density at radius 3 is 1.13 bits per heavy atom. The largest absolute Gasteiger partial charge is 2.00 e. The molecule has 9 saturated carbocycles. The van der Waals surface area contributed by atoms with Gasteiger partial charge in [-0.15, -0.1) is 8.58 Å².